The zero-order valence-corrected chi connectivity index (χ0v) is 10.3. The number of nitro groups is 1. The maximum atomic E-state index is 10.5. The lowest BCUT2D eigenvalue weighted by atomic mass is 9.80. The third kappa shape index (κ3) is 3.27. The Morgan fingerprint density at radius 1 is 1.33 bits per heavy atom. The van der Waals surface area contributed by atoms with E-state index in [4.69, 9.17) is 0 Å². The molecule has 2 rings (SSSR count). The standard InChI is InChI=1S/C13H18N2O3/c16-13(7-1-8-13)10-14-9-6-11-2-4-12(5-3-11)15(17)18/h2-5,14,16H,1,6-10H2. The highest BCUT2D eigenvalue weighted by molar-refractivity contribution is 5.32. The molecule has 1 saturated carbocycles. The van der Waals surface area contributed by atoms with Crippen LogP contribution in [0.4, 0.5) is 5.69 Å². The molecule has 0 unspecified atom stereocenters. The van der Waals surface area contributed by atoms with E-state index in [2.05, 4.69) is 5.32 Å². The van der Waals surface area contributed by atoms with Gasteiger partial charge in [-0.05, 0) is 37.8 Å². The van der Waals surface area contributed by atoms with Crippen LogP contribution in [0, 0.1) is 10.1 Å². The van der Waals surface area contributed by atoms with Crippen LogP contribution in [0.3, 0.4) is 0 Å². The molecule has 0 saturated heterocycles. The number of nitro benzene ring substituents is 1. The minimum atomic E-state index is -0.491. The molecule has 18 heavy (non-hydrogen) atoms. The van der Waals surface area contributed by atoms with E-state index in [0.717, 1.165) is 37.8 Å². The molecule has 0 aromatic heterocycles. The van der Waals surface area contributed by atoms with Crippen molar-refractivity contribution >= 4 is 5.69 Å². The second kappa shape index (κ2) is 5.46. The highest BCUT2D eigenvalue weighted by atomic mass is 16.6. The molecule has 0 bridgehead atoms. The minimum absolute atomic E-state index is 0.121. The summed E-state index contributed by atoms with van der Waals surface area (Å²) in [6.45, 7) is 1.42. The highest BCUT2D eigenvalue weighted by Crippen LogP contribution is 2.30. The summed E-state index contributed by atoms with van der Waals surface area (Å²) in [5.74, 6) is 0. The van der Waals surface area contributed by atoms with Crippen LogP contribution < -0.4 is 5.32 Å². The monoisotopic (exact) mass is 250 g/mol. The SMILES string of the molecule is O=[N+]([O-])c1ccc(CCNCC2(O)CCC2)cc1. The number of nitrogens with one attached hydrogen (secondary N) is 1. The summed E-state index contributed by atoms with van der Waals surface area (Å²) in [5.41, 5.74) is 0.694. The predicted octanol–water partition coefficient (Wildman–Crippen LogP) is 1.64. The largest absolute Gasteiger partial charge is 0.389 e. The molecule has 1 aliphatic rings. The lowest BCUT2D eigenvalue weighted by Gasteiger charge is -2.36. The normalized spacial score (nSPS) is 17.2. The fourth-order valence-corrected chi connectivity index (χ4v) is 2.10. The van der Waals surface area contributed by atoms with Crippen LogP contribution in [0.2, 0.25) is 0 Å². The van der Waals surface area contributed by atoms with E-state index in [-0.39, 0.29) is 5.69 Å². The summed E-state index contributed by atoms with van der Waals surface area (Å²) in [6, 6.07) is 6.60. The molecule has 0 spiro atoms. The summed E-state index contributed by atoms with van der Waals surface area (Å²) in [5, 5.41) is 23.6. The summed E-state index contributed by atoms with van der Waals surface area (Å²) in [4.78, 5) is 10.1. The average Bonchev–Trinajstić information content (AvgIpc) is 2.33. The molecule has 5 nitrogen and oxygen atoms in total. The summed E-state index contributed by atoms with van der Waals surface area (Å²) < 4.78 is 0. The molecule has 0 atom stereocenters. The fourth-order valence-electron chi connectivity index (χ4n) is 2.10. The number of rotatable bonds is 6. The Hall–Kier alpha value is -1.46. The summed E-state index contributed by atoms with van der Waals surface area (Å²) >= 11 is 0. The van der Waals surface area contributed by atoms with Gasteiger partial charge in [-0.2, -0.15) is 0 Å². The molecule has 0 heterocycles. The molecule has 1 aromatic rings. The van der Waals surface area contributed by atoms with Gasteiger partial charge in [-0.3, -0.25) is 10.1 Å². The smallest absolute Gasteiger partial charge is 0.269 e. The van der Waals surface area contributed by atoms with E-state index in [1.165, 1.54) is 12.1 Å². The molecule has 0 radical (unpaired) electrons. The summed E-state index contributed by atoms with van der Waals surface area (Å²) in [6.07, 6.45) is 3.70. The van der Waals surface area contributed by atoms with Crippen molar-refractivity contribution < 1.29 is 10.0 Å². The van der Waals surface area contributed by atoms with Gasteiger partial charge in [0, 0.05) is 18.7 Å². The maximum Gasteiger partial charge on any atom is 0.269 e. The highest BCUT2D eigenvalue weighted by Gasteiger charge is 2.33. The van der Waals surface area contributed by atoms with Crippen LogP contribution >= 0.6 is 0 Å². The third-order valence-electron chi connectivity index (χ3n) is 3.48. The first-order chi connectivity index (χ1) is 8.59. The molecular formula is C13H18N2O3. The third-order valence-corrected chi connectivity index (χ3v) is 3.48. The van der Waals surface area contributed by atoms with Crippen molar-refractivity contribution in [2.75, 3.05) is 13.1 Å². The van der Waals surface area contributed by atoms with Gasteiger partial charge in [0.1, 0.15) is 0 Å². The molecule has 0 aliphatic heterocycles. The Morgan fingerprint density at radius 2 is 2.00 bits per heavy atom. The van der Waals surface area contributed by atoms with E-state index >= 15 is 0 Å². The molecule has 1 aliphatic carbocycles. The quantitative estimate of drug-likeness (QED) is 0.457. The number of non-ortho nitro benzene ring substituents is 1. The van der Waals surface area contributed by atoms with E-state index in [1.54, 1.807) is 12.1 Å². The van der Waals surface area contributed by atoms with E-state index in [1.807, 2.05) is 0 Å². The van der Waals surface area contributed by atoms with Crippen LogP contribution in [0.25, 0.3) is 0 Å². The first-order valence-electron chi connectivity index (χ1n) is 6.26. The van der Waals surface area contributed by atoms with Gasteiger partial charge in [-0.15, -0.1) is 0 Å². The van der Waals surface area contributed by atoms with Crippen molar-refractivity contribution in [3.8, 4) is 0 Å². The van der Waals surface area contributed by atoms with Gasteiger partial charge in [0.05, 0.1) is 10.5 Å². The van der Waals surface area contributed by atoms with Gasteiger partial charge in [-0.1, -0.05) is 12.1 Å². The van der Waals surface area contributed by atoms with E-state index < -0.39 is 10.5 Å². The molecule has 1 fully saturated rings. The van der Waals surface area contributed by atoms with Gasteiger partial charge < -0.3 is 10.4 Å². The van der Waals surface area contributed by atoms with Crippen molar-refractivity contribution in [1.82, 2.24) is 5.32 Å². The molecule has 2 N–H and O–H groups in total. The van der Waals surface area contributed by atoms with Crippen LogP contribution in [0.15, 0.2) is 24.3 Å². The van der Waals surface area contributed by atoms with Gasteiger partial charge in [0.25, 0.3) is 5.69 Å². The molecule has 1 aromatic carbocycles. The van der Waals surface area contributed by atoms with Gasteiger partial charge in [-0.25, -0.2) is 0 Å². The molecule has 98 valence electrons. The van der Waals surface area contributed by atoms with Gasteiger partial charge in [0.2, 0.25) is 0 Å². The van der Waals surface area contributed by atoms with Gasteiger partial charge >= 0.3 is 0 Å². The van der Waals surface area contributed by atoms with Crippen LogP contribution in [-0.2, 0) is 6.42 Å². The Balaban J connectivity index is 1.71. The number of aliphatic hydroxyl groups is 1. The lowest BCUT2D eigenvalue weighted by Crippen LogP contribution is -2.46. The topological polar surface area (TPSA) is 75.4 Å². The minimum Gasteiger partial charge on any atom is -0.389 e. The van der Waals surface area contributed by atoms with Crippen LogP contribution in [0.1, 0.15) is 24.8 Å². The molecule has 0 amide bonds. The Morgan fingerprint density at radius 3 is 2.50 bits per heavy atom. The summed E-state index contributed by atoms with van der Waals surface area (Å²) in [7, 11) is 0. The van der Waals surface area contributed by atoms with Gasteiger partial charge in [0.15, 0.2) is 0 Å². The Labute approximate surface area is 106 Å². The second-order valence-corrected chi connectivity index (χ2v) is 4.93. The maximum absolute atomic E-state index is 10.5. The Bertz CT molecular complexity index is 413. The lowest BCUT2D eigenvalue weighted by molar-refractivity contribution is -0.384. The Kier molecular flexibility index (Phi) is 3.93. The van der Waals surface area contributed by atoms with Crippen LogP contribution in [-0.4, -0.2) is 28.7 Å². The second-order valence-electron chi connectivity index (χ2n) is 4.93. The van der Waals surface area contributed by atoms with E-state index in [0.29, 0.717) is 6.54 Å². The number of hydrogen-bond donors (Lipinski definition) is 2. The zero-order valence-electron chi connectivity index (χ0n) is 10.3. The number of nitrogens with zero attached hydrogens (tertiary/aromatic N) is 1. The van der Waals surface area contributed by atoms with Crippen molar-refractivity contribution in [1.29, 1.82) is 0 Å². The van der Waals surface area contributed by atoms with Crippen molar-refractivity contribution in [2.45, 2.75) is 31.3 Å². The molecule has 5 heteroatoms. The number of hydrogen-bond acceptors (Lipinski definition) is 4. The van der Waals surface area contributed by atoms with E-state index in [9.17, 15) is 15.2 Å². The first-order valence-corrected chi connectivity index (χ1v) is 6.26. The average molecular weight is 250 g/mol. The zero-order chi connectivity index (χ0) is 13.0. The number of benzene rings is 1. The fraction of sp³-hybridized carbons (Fsp3) is 0.538. The van der Waals surface area contributed by atoms with Crippen molar-refractivity contribution in [3.05, 3.63) is 39.9 Å². The van der Waals surface area contributed by atoms with Crippen molar-refractivity contribution in [3.63, 3.8) is 0 Å². The van der Waals surface area contributed by atoms with Crippen LogP contribution in [0.5, 0.6) is 0 Å². The van der Waals surface area contributed by atoms with Crippen molar-refractivity contribution in [2.24, 2.45) is 0 Å². The first kappa shape index (κ1) is 13.0. The molecular weight excluding hydrogens is 232 g/mol. The predicted molar refractivity (Wildman–Crippen MR) is 68.5 cm³/mol.